The molecule has 4 fully saturated rings. The SMILES string of the molecule is CCCS(=O)(=O)N1CCC(N2C(=O)C(OCC3CC3)C23CCCCC3)CC1. The van der Waals surface area contributed by atoms with Gasteiger partial charge in [-0.3, -0.25) is 4.79 Å². The molecule has 0 aromatic rings. The van der Waals surface area contributed by atoms with Crippen molar-refractivity contribution in [3.05, 3.63) is 0 Å². The smallest absolute Gasteiger partial charge is 0.254 e. The van der Waals surface area contributed by atoms with Crippen LogP contribution in [0.2, 0.25) is 0 Å². The summed E-state index contributed by atoms with van der Waals surface area (Å²) >= 11 is 0. The highest BCUT2D eigenvalue weighted by molar-refractivity contribution is 7.89. The van der Waals surface area contributed by atoms with Crippen molar-refractivity contribution in [3.63, 3.8) is 0 Å². The molecule has 0 aromatic carbocycles. The highest BCUT2D eigenvalue weighted by Crippen LogP contribution is 2.48. The normalized spacial score (nSPS) is 29.9. The van der Waals surface area contributed by atoms with Gasteiger partial charge in [-0.15, -0.1) is 0 Å². The molecule has 1 spiro atoms. The molecule has 154 valence electrons. The van der Waals surface area contributed by atoms with Crippen molar-refractivity contribution in [3.8, 4) is 0 Å². The van der Waals surface area contributed by atoms with Gasteiger partial charge in [-0.05, 0) is 50.9 Å². The summed E-state index contributed by atoms with van der Waals surface area (Å²) in [5.41, 5.74) is -0.112. The zero-order chi connectivity index (χ0) is 19.1. The molecule has 2 heterocycles. The van der Waals surface area contributed by atoms with Crippen LogP contribution >= 0.6 is 0 Å². The maximum absolute atomic E-state index is 13.0. The fourth-order valence-electron chi connectivity index (χ4n) is 5.36. The molecule has 7 heteroatoms. The molecule has 2 saturated heterocycles. The first-order valence-corrected chi connectivity index (χ1v) is 12.5. The quantitative estimate of drug-likeness (QED) is 0.618. The number of sulfonamides is 1. The summed E-state index contributed by atoms with van der Waals surface area (Å²) in [6.07, 6.45) is 10.0. The van der Waals surface area contributed by atoms with E-state index in [4.69, 9.17) is 4.74 Å². The van der Waals surface area contributed by atoms with Crippen LogP contribution in [0.4, 0.5) is 0 Å². The van der Waals surface area contributed by atoms with Gasteiger partial charge in [0.2, 0.25) is 10.0 Å². The second-order valence-corrected chi connectivity index (χ2v) is 11.1. The lowest BCUT2D eigenvalue weighted by Gasteiger charge is -2.62. The number of hydrogen-bond acceptors (Lipinski definition) is 4. The van der Waals surface area contributed by atoms with Gasteiger partial charge in [0.1, 0.15) is 0 Å². The average molecular weight is 399 g/mol. The van der Waals surface area contributed by atoms with Gasteiger partial charge in [-0.1, -0.05) is 26.2 Å². The Hall–Kier alpha value is -0.660. The van der Waals surface area contributed by atoms with Gasteiger partial charge in [0.15, 0.2) is 6.10 Å². The number of amides is 1. The van der Waals surface area contributed by atoms with E-state index < -0.39 is 10.0 Å². The van der Waals surface area contributed by atoms with Gasteiger partial charge in [0, 0.05) is 19.1 Å². The number of carbonyl (C=O) groups is 1. The Bertz CT molecular complexity index is 647. The van der Waals surface area contributed by atoms with Crippen molar-refractivity contribution in [2.45, 2.75) is 88.8 Å². The summed E-state index contributed by atoms with van der Waals surface area (Å²) in [5, 5.41) is 0. The summed E-state index contributed by atoms with van der Waals surface area (Å²) in [4.78, 5) is 15.1. The van der Waals surface area contributed by atoms with E-state index in [9.17, 15) is 13.2 Å². The highest BCUT2D eigenvalue weighted by atomic mass is 32.2. The third-order valence-corrected chi connectivity index (χ3v) is 9.06. The Morgan fingerprint density at radius 3 is 2.33 bits per heavy atom. The van der Waals surface area contributed by atoms with Crippen molar-refractivity contribution < 1.29 is 17.9 Å². The number of nitrogens with zero attached hydrogens (tertiary/aromatic N) is 2. The fraction of sp³-hybridized carbons (Fsp3) is 0.950. The number of β-lactam (4-membered cyclic amide) rings is 1. The largest absolute Gasteiger partial charge is 0.366 e. The van der Waals surface area contributed by atoms with Crippen LogP contribution in [0.3, 0.4) is 0 Å². The van der Waals surface area contributed by atoms with E-state index in [2.05, 4.69) is 4.90 Å². The number of ether oxygens (including phenoxy) is 1. The zero-order valence-electron chi connectivity index (χ0n) is 16.6. The highest BCUT2D eigenvalue weighted by Gasteiger charge is 2.62. The third kappa shape index (κ3) is 3.67. The number of hydrogen-bond donors (Lipinski definition) is 0. The van der Waals surface area contributed by atoms with E-state index >= 15 is 0 Å². The van der Waals surface area contributed by atoms with Gasteiger partial charge in [-0.25, -0.2) is 12.7 Å². The van der Waals surface area contributed by atoms with E-state index in [1.54, 1.807) is 4.31 Å². The Morgan fingerprint density at radius 1 is 1.07 bits per heavy atom. The molecule has 1 atom stereocenters. The van der Waals surface area contributed by atoms with Crippen LogP contribution < -0.4 is 0 Å². The standard InChI is InChI=1S/C20H34N2O4S/c1-2-14-27(24,25)21-12-8-17(9-13-21)22-19(23)18(26-15-16-6-7-16)20(22)10-4-3-5-11-20/h16-18H,2-15H2,1H3. The minimum absolute atomic E-state index is 0.112. The molecule has 2 saturated carbocycles. The minimum atomic E-state index is -3.13. The van der Waals surface area contributed by atoms with Crippen molar-refractivity contribution in [2.24, 2.45) is 5.92 Å². The topological polar surface area (TPSA) is 66.9 Å². The number of rotatable bonds is 7. The summed E-state index contributed by atoms with van der Waals surface area (Å²) in [7, 11) is -3.13. The molecule has 0 N–H and O–H groups in total. The van der Waals surface area contributed by atoms with Crippen LogP contribution in [0.5, 0.6) is 0 Å². The zero-order valence-corrected chi connectivity index (χ0v) is 17.4. The fourth-order valence-corrected chi connectivity index (χ4v) is 6.90. The minimum Gasteiger partial charge on any atom is -0.366 e. The number of piperidine rings is 1. The second kappa shape index (κ2) is 7.64. The van der Waals surface area contributed by atoms with Gasteiger partial charge in [-0.2, -0.15) is 0 Å². The van der Waals surface area contributed by atoms with Crippen LogP contribution in [0, 0.1) is 5.92 Å². The molecule has 1 amide bonds. The van der Waals surface area contributed by atoms with Gasteiger partial charge < -0.3 is 9.64 Å². The molecule has 0 bridgehead atoms. The molecule has 4 aliphatic rings. The van der Waals surface area contributed by atoms with E-state index in [0.717, 1.165) is 45.1 Å². The molecule has 1 unspecified atom stereocenters. The summed E-state index contributed by atoms with van der Waals surface area (Å²) in [6, 6.07) is 0.171. The molecule has 6 nitrogen and oxygen atoms in total. The maximum atomic E-state index is 13.0. The summed E-state index contributed by atoms with van der Waals surface area (Å²) in [6.45, 7) is 3.72. The van der Waals surface area contributed by atoms with Crippen LogP contribution in [0.15, 0.2) is 0 Å². The Kier molecular flexibility index (Phi) is 5.56. The lowest BCUT2D eigenvalue weighted by molar-refractivity contribution is -0.211. The first-order valence-electron chi connectivity index (χ1n) is 10.9. The summed E-state index contributed by atoms with van der Waals surface area (Å²) < 4.78 is 32.4. The van der Waals surface area contributed by atoms with Crippen molar-refractivity contribution in [2.75, 3.05) is 25.4 Å². The van der Waals surface area contributed by atoms with Crippen molar-refractivity contribution >= 4 is 15.9 Å². The molecule has 2 aliphatic carbocycles. The lowest BCUT2D eigenvalue weighted by atomic mass is 9.68. The lowest BCUT2D eigenvalue weighted by Crippen LogP contribution is -2.78. The Morgan fingerprint density at radius 2 is 1.74 bits per heavy atom. The third-order valence-electron chi connectivity index (χ3n) is 6.99. The van der Waals surface area contributed by atoms with Crippen molar-refractivity contribution in [1.82, 2.24) is 9.21 Å². The Labute approximate surface area is 163 Å². The summed E-state index contributed by atoms with van der Waals surface area (Å²) in [5.74, 6) is 1.05. The van der Waals surface area contributed by atoms with Crippen LogP contribution in [0.25, 0.3) is 0 Å². The van der Waals surface area contributed by atoms with Gasteiger partial charge >= 0.3 is 0 Å². The monoisotopic (exact) mass is 398 g/mol. The molecule has 0 aromatic heterocycles. The van der Waals surface area contributed by atoms with Gasteiger partial charge in [0.05, 0.1) is 17.9 Å². The van der Waals surface area contributed by atoms with E-state index in [-0.39, 0.29) is 29.3 Å². The molecular formula is C20H34N2O4S. The molecular weight excluding hydrogens is 364 g/mol. The van der Waals surface area contributed by atoms with Gasteiger partial charge in [0.25, 0.3) is 5.91 Å². The van der Waals surface area contributed by atoms with E-state index in [1.807, 2.05) is 6.92 Å². The molecule has 2 aliphatic heterocycles. The maximum Gasteiger partial charge on any atom is 0.254 e. The predicted octanol–water partition coefficient (Wildman–Crippen LogP) is 2.53. The molecule has 27 heavy (non-hydrogen) atoms. The van der Waals surface area contributed by atoms with Crippen LogP contribution in [0.1, 0.15) is 71.1 Å². The van der Waals surface area contributed by atoms with Crippen LogP contribution in [-0.2, 0) is 19.6 Å². The predicted molar refractivity (Wildman–Crippen MR) is 104 cm³/mol. The van der Waals surface area contributed by atoms with Crippen LogP contribution in [-0.4, -0.2) is 66.7 Å². The van der Waals surface area contributed by atoms with E-state index in [0.29, 0.717) is 25.4 Å². The van der Waals surface area contributed by atoms with E-state index in [1.165, 1.54) is 19.3 Å². The molecule has 0 radical (unpaired) electrons. The molecule has 4 rings (SSSR count). The average Bonchev–Trinajstić information content (AvgIpc) is 3.47. The first-order chi connectivity index (χ1) is 13.0. The number of likely N-dealkylation sites (tertiary alicyclic amines) is 1. The first kappa shape index (κ1) is 19.6. The number of carbonyl (C=O) groups excluding carboxylic acids is 1. The Balaban J connectivity index is 1.42. The second-order valence-electron chi connectivity index (χ2n) is 8.98. The van der Waals surface area contributed by atoms with Crippen molar-refractivity contribution in [1.29, 1.82) is 0 Å².